The fourth-order valence-electron chi connectivity index (χ4n) is 3.36. The van der Waals surface area contributed by atoms with Crippen LogP contribution in [0.25, 0.3) is 10.9 Å². The number of aromatic nitrogens is 1. The first-order chi connectivity index (χ1) is 10.9. The number of benzene rings is 1. The van der Waals surface area contributed by atoms with Gasteiger partial charge in [0.25, 0.3) is 0 Å². The van der Waals surface area contributed by atoms with Gasteiger partial charge in [0.15, 0.2) is 0 Å². The van der Waals surface area contributed by atoms with Crippen LogP contribution in [0.15, 0.2) is 30.2 Å². The molecule has 1 saturated heterocycles. The van der Waals surface area contributed by atoms with E-state index >= 15 is 0 Å². The molecule has 3 rings (SSSR count). The standard InChI is InChI=1S/C17H23N3O2S/c1-4-23(21,22)19-14-7-6-10-20(11-14)16-9-5-8-15-17(16)12(2)13(3)18-15/h4-5,8-9,14,18-19H,1,6-7,10-11H2,2-3H3/t14-/m1/s1. The predicted molar refractivity (Wildman–Crippen MR) is 95.3 cm³/mol. The van der Waals surface area contributed by atoms with Gasteiger partial charge in [0.1, 0.15) is 0 Å². The van der Waals surface area contributed by atoms with E-state index in [0.29, 0.717) is 6.54 Å². The van der Waals surface area contributed by atoms with Crippen molar-refractivity contribution >= 4 is 26.6 Å². The molecule has 1 aliphatic heterocycles. The third-order valence-electron chi connectivity index (χ3n) is 4.61. The number of anilines is 1. The van der Waals surface area contributed by atoms with Gasteiger partial charge in [-0.3, -0.25) is 0 Å². The van der Waals surface area contributed by atoms with Gasteiger partial charge in [0.2, 0.25) is 10.0 Å². The lowest BCUT2D eigenvalue weighted by molar-refractivity contribution is 0.469. The van der Waals surface area contributed by atoms with E-state index < -0.39 is 10.0 Å². The van der Waals surface area contributed by atoms with Crippen molar-refractivity contribution in [1.82, 2.24) is 9.71 Å². The van der Waals surface area contributed by atoms with Crippen molar-refractivity contribution in [3.05, 3.63) is 41.4 Å². The van der Waals surface area contributed by atoms with Gasteiger partial charge in [-0.1, -0.05) is 12.6 Å². The molecular formula is C17H23N3O2S. The number of H-pyrrole nitrogens is 1. The minimum absolute atomic E-state index is 0.0812. The highest BCUT2D eigenvalue weighted by atomic mass is 32.2. The maximum Gasteiger partial charge on any atom is 0.233 e. The Kier molecular flexibility index (Phi) is 4.21. The van der Waals surface area contributed by atoms with E-state index in [1.54, 1.807) is 0 Å². The maximum atomic E-state index is 11.7. The summed E-state index contributed by atoms with van der Waals surface area (Å²) in [6, 6.07) is 6.17. The molecule has 5 nitrogen and oxygen atoms in total. The van der Waals surface area contributed by atoms with E-state index in [1.807, 2.05) is 6.07 Å². The van der Waals surface area contributed by atoms with Gasteiger partial charge in [-0.25, -0.2) is 13.1 Å². The summed E-state index contributed by atoms with van der Waals surface area (Å²) in [7, 11) is -3.39. The molecule has 0 saturated carbocycles. The minimum atomic E-state index is -3.39. The quantitative estimate of drug-likeness (QED) is 0.904. The van der Waals surface area contributed by atoms with Crippen molar-refractivity contribution in [2.24, 2.45) is 0 Å². The summed E-state index contributed by atoms with van der Waals surface area (Å²) in [6.07, 6.45) is 1.81. The van der Waals surface area contributed by atoms with Gasteiger partial charge in [0, 0.05) is 46.8 Å². The second kappa shape index (κ2) is 6.02. The number of nitrogens with one attached hydrogen (secondary N) is 2. The van der Waals surface area contributed by atoms with Crippen molar-refractivity contribution in [3.8, 4) is 0 Å². The van der Waals surface area contributed by atoms with E-state index in [-0.39, 0.29) is 6.04 Å². The number of hydrogen-bond donors (Lipinski definition) is 2. The molecule has 2 aromatic rings. The molecule has 2 heterocycles. The highest BCUT2D eigenvalue weighted by Crippen LogP contribution is 2.32. The van der Waals surface area contributed by atoms with Gasteiger partial charge in [-0.05, 0) is 44.4 Å². The number of sulfonamides is 1. The van der Waals surface area contributed by atoms with E-state index in [2.05, 4.69) is 47.2 Å². The van der Waals surface area contributed by atoms with Crippen molar-refractivity contribution in [2.75, 3.05) is 18.0 Å². The van der Waals surface area contributed by atoms with Gasteiger partial charge < -0.3 is 9.88 Å². The summed E-state index contributed by atoms with van der Waals surface area (Å²) < 4.78 is 26.2. The molecule has 6 heteroatoms. The first-order valence-corrected chi connectivity index (χ1v) is 9.43. The first-order valence-electron chi connectivity index (χ1n) is 7.89. The molecule has 2 N–H and O–H groups in total. The Labute approximate surface area is 137 Å². The van der Waals surface area contributed by atoms with Crippen LogP contribution in [-0.4, -0.2) is 32.5 Å². The Balaban J connectivity index is 1.91. The third-order valence-corrected chi connectivity index (χ3v) is 5.72. The van der Waals surface area contributed by atoms with Crippen molar-refractivity contribution in [1.29, 1.82) is 0 Å². The Hall–Kier alpha value is -1.79. The number of aromatic amines is 1. The molecule has 0 unspecified atom stereocenters. The molecule has 124 valence electrons. The Bertz CT molecular complexity index is 839. The molecular weight excluding hydrogens is 310 g/mol. The predicted octanol–water partition coefficient (Wildman–Crippen LogP) is 2.82. The lowest BCUT2D eigenvalue weighted by Gasteiger charge is -2.35. The lowest BCUT2D eigenvalue weighted by Crippen LogP contribution is -2.47. The number of aryl methyl sites for hydroxylation is 2. The average Bonchev–Trinajstić information content (AvgIpc) is 2.82. The van der Waals surface area contributed by atoms with Gasteiger partial charge in [0.05, 0.1) is 0 Å². The smallest absolute Gasteiger partial charge is 0.233 e. The summed E-state index contributed by atoms with van der Waals surface area (Å²) in [5, 5.41) is 2.21. The molecule has 0 bridgehead atoms. The Morgan fingerprint density at radius 2 is 2.17 bits per heavy atom. The summed E-state index contributed by atoms with van der Waals surface area (Å²) in [6.45, 7) is 9.18. The van der Waals surface area contributed by atoms with Gasteiger partial charge in [-0.2, -0.15) is 0 Å². The van der Waals surface area contributed by atoms with Gasteiger partial charge >= 0.3 is 0 Å². The summed E-state index contributed by atoms with van der Waals surface area (Å²) >= 11 is 0. The van der Waals surface area contributed by atoms with Crippen LogP contribution in [-0.2, 0) is 10.0 Å². The van der Waals surface area contributed by atoms with Crippen molar-refractivity contribution in [3.63, 3.8) is 0 Å². The highest BCUT2D eigenvalue weighted by Gasteiger charge is 2.24. The number of rotatable bonds is 4. The van der Waals surface area contributed by atoms with Gasteiger partial charge in [-0.15, -0.1) is 0 Å². The van der Waals surface area contributed by atoms with Crippen LogP contribution in [0.5, 0.6) is 0 Å². The summed E-state index contributed by atoms with van der Waals surface area (Å²) in [4.78, 5) is 5.69. The van der Waals surface area contributed by atoms with Crippen LogP contribution in [0.3, 0.4) is 0 Å². The van der Waals surface area contributed by atoms with Crippen molar-refractivity contribution < 1.29 is 8.42 Å². The van der Waals surface area contributed by atoms with E-state index in [1.165, 1.54) is 22.3 Å². The molecule has 0 spiro atoms. The van der Waals surface area contributed by atoms with E-state index in [0.717, 1.165) is 30.3 Å². The largest absolute Gasteiger partial charge is 0.369 e. The zero-order valence-corrected chi connectivity index (χ0v) is 14.4. The summed E-state index contributed by atoms with van der Waals surface area (Å²) in [5.41, 5.74) is 4.73. The second-order valence-corrected chi connectivity index (χ2v) is 7.85. The number of piperidine rings is 1. The lowest BCUT2D eigenvalue weighted by atomic mass is 10.0. The third kappa shape index (κ3) is 3.14. The normalized spacial score (nSPS) is 19.2. The Morgan fingerprint density at radius 3 is 2.91 bits per heavy atom. The monoisotopic (exact) mass is 333 g/mol. The zero-order valence-electron chi connectivity index (χ0n) is 13.6. The SMILES string of the molecule is C=CS(=O)(=O)N[C@@H]1CCCN(c2cccc3[nH]c(C)c(C)c23)C1. The highest BCUT2D eigenvalue weighted by molar-refractivity contribution is 7.92. The molecule has 1 aromatic heterocycles. The van der Waals surface area contributed by atoms with E-state index in [4.69, 9.17) is 0 Å². The zero-order chi connectivity index (χ0) is 16.6. The fraction of sp³-hybridized carbons (Fsp3) is 0.412. The van der Waals surface area contributed by atoms with Crippen LogP contribution in [0, 0.1) is 13.8 Å². The van der Waals surface area contributed by atoms with Crippen LogP contribution in [0.4, 0.5) is 5.69 Å². The molecule has 1 atom stereocenters. The minimum Gasteiger partial charge on any atom is -0.369 e. The topological polar surface area (TPSA) is 65.2 Å². The van der Waals surface area contributed by atoms with Crippen LogP contribution in [0.2, 0.25) is 0 Å². The van der Waals surface area contributed by atoms with Crippen LogP contribution >= 0.6 is 0 Å². The fourth-order valence-corrected chi connectivity index (χ4v) is 4.11. The number of nitrogens with zero attached hydrogens (tertiary/aromatic N) is 1. The van der Waals surface area contributed by atoms with Crippen LogP contribution in [0.1, 0.15) is 24.1 Å². The summed E-state index contributed by atoms with van der Waals surface area (Å²) in [5.74, 6) is 0. The molecule has 1 fully saturated rings. The molecule has 0 amide bonds. The Morgan fingerprint density at radius 1 is 1.39 bits per heavy atom. The number of hydrogen-bond acceptors (Lipinski definition) is 3. The van der Waals surface area contributed by atoms with E-state index in [9.17, 15) is 8.42 Å². The van der Waals surface area contributed by atoms with Crippen LogP contribution < -0.4 is 9.62 Å². The molecule has 1 aliphatic rings. The second-order valence-electron chi connectivity index (χ2n) is 6.19. The average molecular weight is 333 g/mol. The first kappa shape index (κ1) is 16.1. The molecule has 23 heavy (non-hydrogen) atoms. The van der Waals surface area contributed by atoms with Crippen molar-refractivity contribution in [2.45, 2.75) is 32.7 Å². The molecule has 1 aromatic carbocycles. The molecule has 0 aliphatic carbocycles. The maximum absolute atomic E-state index is 11.7. The number of fused-ring (bicyclic) bond motifs is 1. The molecule has 0 radical (unpaired) electrons.